The van der Waals surface area contributed by atoms with Gasteiger partial charge in [-0.25, -0.2) is 0 Å². The number of imidazole rings is 1. The molecule has 2 heterocycles. The fraction of sp³-hybridized carbons (Fsp3) is 0.286. The zero-order chi connectivity index (χ0) is 21.1. The van der Waals surface area contributed by atoms with Crippen LogP contribution < -0.4 is 14.2 Å². The number of nitrogens with zero attached hydrogens (tertiary/aromatic N) is 3. The second kappa shape index (κ2) is 8.42. The minimum Gasteiger partial charge on any atom is -0.497 e. The van der Waals surface area contributed by atoms with Crippen LogP contribution in [0, 0.1) is 10.1 Å². The molecule has 0 amide bonds. The van der Waals surface area contributed by atoms with Crippen LogP contribution in [0.3, 0.4) is 0 Å². The molecule has 0 saturated carbocycles. The Hall–Kier alpha value is -3.59. The van der Waals surface area contributed by atoms with Gasteiger partial charge >= 0.3 is 11.8 Å². The van der Waals surface area contributed by atoms with E-state index in [2.05, 4.69) is 4.98 Å². The van der Waals surface area contributed by atoms with Crippen molar-refractivity contribution in [2.24, 2.45) is 0 Å². The molecular weight excluding hydrogens is 390 g/mol. The molecule has 0 N–H and O–H groups in total. The van der Waals surface area contributed by atoms with E-state index in [0.29, 0.717) is 19.8 Å². The van der Waals surface area contributed by atoms with E-state index < -0.39 is 4.92 Å². The summed E-state index contributed by atoms with van der Waals surface area (Å²) in [6, 6.07) is 14.0. The van der Waals surface area contributed by atoms with Crippen LogP contribution in [-0.4, -0.2) is 41.4 Å². The molecule has 1 aliphatic heterocycles. The number of rotatable bonds is 7. The van der Waals surface area contributed by atoms with Crippen LogP contribution in [0.15, 0.2) is 48.7 Å². The second-order valence-corrected chi connectivity index (χ2v) is 6.83. The van der Waals surface area contributed by atoms with Crippen molar-refractivity contribution in [3.05, 3.63) is 64.3 Å². The maximum Gasteiger partial charge on any atom is 0.414 e. The molecule has 4 rings (SSSR count). The van der Waals surface area contributed by atoms with E-state index in [1.54, 1.807) is 18.8 Å². The van der Waals surface area contributed by atoms with Gasteiger partial charge in [-0.05, 0) is 33.7 Å². The van der Waals surface area contributed by atoms with Gasteiger partial charge < -0.3 is 29.1 Å². The van der Waals surface area contributed by atoms with Gasteiger partial charge in [-0.3, -0.25) is 4.57 Å². The predicted octanol–water partition coefficient (Wildman–Crippen LogP) is 3.45. The zero-order valence-electron chi connectivity index (χ0n) is 16.6. The van der Waals surface area contributed by atoms with E-state index >= 15 is 0 Å². The SMILES string of the molecule is COc1cc(OC)cc(-c2ccc(CO[C@@H]3COc4nc([N+](=O)[O-])cn4C3)cc2)c1. The van der Waals surface area contributed by atoms with E-state index in [1.807, 2.05) is 42.5 Å². The third kappa shape index (κ3) is 4.20. The Morgan fingerprint density at radius 3 is 2.47 bits per heavy atom. The summed E-state index contributed by atoms with van der Waals surface area (Å²) in [5.74, 6) is 1.23. The van der Waals surface area contributed by atoms with Gasteiger partial charge in [-0.2, -0.15) is 0 Å². The lowest BCUT2D eigenvalue weighted by Crippen LogP contribution is -2.32. The minimum atomic E-state index is -0.538. The topological polar surface area (TPSA) is 97.9 Å². The third-order valence-corrected chi connectivity index (χ3v) is 4.84. The molecule has 0 radical (unpaired) electrons. The Morgan fingerprint density at radius 1 is 1.13 bits per heavy atom. The first-order valence-corrected chi connectivity index (χ1v) is 9.34. The number of fused-ring (bicyclic) bond motifs is 1. The number of nitro groups is 1. The number of ether oxygens (including phenoxy) is 4. The highest BCUT2D eigenvalue weighted by molar-refractivity contribution is 5.67. The van der Waals surface area contributed by atoms with Gasteiger partial charge in [-0.15, -0.1) is 0 Å². The van der Waals surface area contributed by atoms with Crippen molar-refractivity contribution in [2.75, 3.05) is 20.8 Å². The first kappa shape index (κ1) is 19.7. The fourth-order valence-corrected chi connectivity index (χ4v) is 3.24. The summed E-state index contributed by atoms with van der Waals surface area (Å²) < 4.78 is 23.7. The molecule has 9 heteroatoms. The Bertz CT molecular complexity index is 1030. The van der Waals surface area contributed by atoms with Crippen LogP contribution in [0.4, 0.5) is 5.82 Å². The molecule has 3 aromatic rings. The lowest BCUT2D eigenvalue weighted by molar-refractivity contribution is -0.389. The Kier molecular flexibility index (Phi) is 5.53. The molecule has 2 aromatic carbocycles. The van der Waals surface area contributed by atoms with Crippen LogP contribution in [0.5, 0.6) is 17.5 Å². The molecule has 9 nitrogen and oxygen atoms in total. The molecule has 0 unspecified atom stereocenters. The van der Waals surface area contributed by atoms with Gasteiger partial charge in [0.2, 0.25) is 0 Å². The summed E-state index contributed by atoms with van der Waals surface area (Å²) in [5.41, 5.74) is 3.04. The first-order valence-electron chi connectivity index (χ1n) is 9.34. The van der Waals surface area contributed by atoms with E-state index in [1.165, 1.54) is 6.20 Å². The van der Waals surface area contributed by atoms with Crippen LogP contribution in [-0.2, 0) is 17.9 Å². The molecule has 0 saturated heterocycles. The summed E-state index contributed by atoms with van der Waals surface area (Å²) in [4.78, 5) is 14.1. The van der Waals surface area contributed by atoms with Crippen molar-refractivity contribution in [3.8, 4) is 28.6 Å². The molecule has 0 aliphatic carbocycles. The van der Waals surface area contributed by atoms with Crippen molar-refractivity contribution in [1.82, 2.24) is 9.55 Å². The van der Waals surface area contributed by atoms with Gasteiger partial charge in [0.15, 0.2) is 0 Å². The highest BCUT2D eigenvalue weighted by Crippen LogP contribution is 2.30. The third-order valence-electron chi connectivity index (χ3n) is 4.84. The lowest BCUT2D eigenvalue weighted by atomic mass is 10.0. The van der Waals surface area contributed by atoms with Crippen molar-refractivity contribution < 1.29 is 23.9 Å². The lowest BCUT2D eigenvalue weighted by Gasteiger charge is -2.22. The summed E-state index contributed by atoms with van der Waals surface area (Å²) in [7, 11) is 3.25. The summed E-state index contributed by atoms with van der Waals surface area (Å²) in [5, 5.41) is 10.8. The van der Waals surface area contributed by atoms with Crippen molar-refractivity contribution >= 4 is 5.82 Å². The molecule has 30 heavy (non-hydrogen) atoms. The van der Waals surface area contributed by atoms with E-state index in [-0.39, 0.29) is 17.9 Å². The first-order chi connectivity index (χ1) is 14.6. The Morgan fingerprint density at radius 2 is 1.83 bits per heavy atom. The quantitative estimate of drug-likeness (QED) is 0.434. The molecule has 1 aliphatic rings. The van der Waals surface area contributed by atoms with Gasteiger partial charge in [-0.1, -0.05) is 24.3 Å². The van der Waals surface area contributed by atoms with Gasteiger partial charge in [0.1, 0.15) is 30.4 Å². The Labute approximate surface area is 172 Å². The van der Waals surface area contributed by atoms with E-state index in [9.17, 15) is 10.1 Å². The molecule has 0 bridgehead atoms. The normalized spacial score (nSPS) is 15.2. The summed E-state index contributed by atoms with van der Waals surface area (Å²) >= 11 is 0. The average Bonchev–Trinajstić information content (AvgIpc) is 3.21. The Balaban J connectivity index is 1.39. The highest BCUT2D eigenvalue weighted by Gasteiger charge is 2.28. The maximum atomic E-state index is 10.8. The van der Waals surface area contributed by atoms with Crippen LogP contribution in [0.2, 0.25) is 0 Å². The minimum absolute atomic E-state index is 0.214. The van der Waals surface area contributed by atoms with Crippen molar-refractivity contribution in [3.63, 3.8) is 0 Å². The number of hydrogen-bond donors (Lipinski definition) is 0. The second-order valence-electron chi connectivity index (χ2n) is 6.83. The van der Waals surface area contributed by atoms with Crippen molar-refractivity contribution in [1.29, 1.82) is 0 Å². The molecule has 156 valence electrons. The molecule has 1 aromatic heterocycles. The molecule has 0 spiro atoms. The molecule has 1 atom stereocenters. The van der Waals surface area contributed by atoms with Gasteiger partial charge in [0.25, 0.3) is 0 Å². The molecular formula is C21H21N3O6. The smallest absolute Gasteiger partial charge is 0.414 e. The molecule has 0 fully saturated rings. The van der Waals surface area contributed by atoms with E-state index in [0.717, 1.165) is 28.2 Å². The number of aromatic nitrogens is 2. The standard InChI is InChI=1S/C21H21N3O6/c1-27-17-7-16(8-18(9-17)28-2)15-5-3-14(4-6-15)12-29-19-10-23-11-20(24(25)26)22-21(23)30-13-19/h3-9,11,19H,10,12-13H2,1-2H3/t19-/m0/s1. The summed E-state index contributed by atoms with van der Waals surface area (Å²) in [6.45, 7) is 1.16. The number of hydrogen-bond acceptors (Lipinski definition) is 7. The average molecular weight is 411 g/mol. The highest BCUT2D eigenvalue weighted by atomic mass is 16.6. The zero-order valence-corrected chi connectivity index (χ0v) is 16.6. The maximum absolute atomic E-state index is 10.8. The van der Waals surface area contributed by atoms with Gasteiger partial charge in [0.05, 0.1) is 27.4 Å². The van der Waals surface area contributed by atoms with Gasteiger partial charge in [0, 0.05) is 11.1 Å². The summed E-state index contributed by atoms with van der Waals surface area (Å²) in [6.07, 6.45) is 1.15. The fourth-order valence-electron chi connectivity index (χ4n) is 3.24. The van der Waals surface area contributed by atoms with Crippen LogP contribution in [0.25, 0.3) is 11.1 Å². The van der Waals surface area contributed by atoms with Crippen LogP contribution >= 0.6 is 0 Å². The number of methoxy groups -OCH3 is 2. The van der Waals surface area contributed by atoms with Crippen molar-refractivity contribution in [2.45, 2.75) is 19.3 Å². The number of benzene rings is 2. The largest absolute Gasteiger partial charge is 0.497 e. The van der Waals surface area contributed by atoms with E-state index in [4.69, 9.17) is 18.9 Å². The predicted molar refractivity (Wildman–Crippen MR) is 108 cm³/mol. The monoisotopic (exact) mass is 411 g/mol. The van der Waals surface area contributed by atoms with Crippen LogP contribution in [0.1, 0.15) is 5.56 Å².